The van der Waals surface area contributed by atoms with Crippen LogP contribution in [0.4, 0.5) is 0 Å². The molecule has 0 fully saturated rings. The first-order valence-corrected chi connectivity index (χ1v) is 6.94. The molecule has 116 valence electrons. The van der Waals surface area contributed by atoms with Crippen molar-refractivity contribution in [2.75, 3.05) is 0 Å². The lowest BCUT2D eigenvalue weighted by molar-refractivity contribution is -0.132. The van der Waals surface area contributed by atoms with Gasteiger partial charge in [-0.1, -0.05) is 41.5 Å². The molecule has 0 saturated carbocycles. The molecule has 1 aromatic carbocycles. The Morgan fingerprint density at radius 2 is 1.67 bits per heavy atom. The number of phenols is 1. The average molecular weight is 292 g/mol. The van der Waals surface area contributed by atoms with Crippen molar-refractivity contribution in [2.45, 2.75) is 59.3 Å². The number of rotatable bonds is 2. The van der Waals surface area contributed by atoms with E-state index in [9.17, 15) is 14.7 Å². The van der Waals surface area contributed by atoms with Gasteiger partial charge in [-0.2, -0.15) is 0 Å². The average Bonchev–Trinajstić information content (AvgIpc) is 2.26. The van der Waals surface area contributed by atoms with Crippen LogP contribution in [0.25, 0.3) is 0 Å². The smallest absolute Gasteiger partial charge is 0.308 e. The van der Waals surface area contributed by atoms with Crippen LogP contribution in [-0.4, -0.2) is 17.4 Å². The van der Waals surface area contributed by atoms with E-state index in [2.05, 4.69) is 0 Å². The van der Waals surface area contributed by atoms with Crippen LogP contribution >= 0.6 is 0 Å². The van der Waals surface area contributed by atoms with Crippen molar-refractivity contribution in [3.8, 4) is 11.5 Å². The Morgan fingerprint density at radius 3 is 2.00 bits per heavy atom. The number of benzene rings is 1. The van der Waals surface area contributed by atoms with Gasteiger partial charge in [-0.25, -0.2) is 0 Å². The fraction of sp³-hybridized carbons (Fsp3) is 0.529. The second-order valence-corrected chi connectivity index (χ2v) is 7.27. The number of esters is 1. The Morgan fingerprint density at radius 1 is 1.14 bits per heavy atom. The lowest BCUT2D eigenvalue weighted by Crippen LogP contribution is -2.22. The minimum Gasteiger partial charge on any atom is -0.507 e. The van der Waals surface area contributed by atoms with Crippen LogP contribution in [0, 0.1) is 0 Å². The summed E-state index contributed by atoms with van der Waals surface area (Å²) in [6.07, 6.45) is 0.607. The SMILES string of the molecule is CC(=O)Oc1c(C(C)(C)C)cc(O)c(C=O)c1C(C)(C)C. The van der Waals surface area contributed by atoms with E-state index < -0.39 is 11.4 Å². The molecule has 0 radical (unpaired) electrons. The third-order valence-electron chi connectivity index (χ3n) is 3.22. The van der Waals surface area contributed by atoms with Gasteiger partial charge in [0.15, 0.2) is 6.29 Å². The van der Waals surface area contributed by atoms with Crippen LogP contribution in [0.5, 0.6) is 11.5 Å². The zero-order valence-corrected chi connectivity index (χ0v) is 13.8. The van der Waals surface area contributed by atoms with E-state index in [-0.39, 0.29) is 16.7 Å². The van der Waals surface area contributed by atoms with Gasteiger partial charge in [0.1, 0.15) is 11.5 Å². The van der Waals surface area contributed by atoms with Gasteiger partial charge in [0.2, 0.25) is 0 Å². The molecular weight excluding hydrogens is 268 g/mol. The molecule has 0 bridgehead atoms. The van der Waals surface area contributed by atoms with E-state index in [1.807, 2.05) is 41.5 Å². The molecule has 1 aromatic rings. The molecule has 1 rings (SSSR count). The molecule has 4 nitrogen and oxygen atoms in total. The van der Waals surface area contributed by atoms with Crippen LogP contribution in [0.1, 0.15) is 70.0 Å². The zero-order chi connectivity index (χ0) is 16.6. The predicted octanol–water partition coefficient (Wildman–Crippen LogP) is 3.73. The van der Waals surface area contributed by atoms with Gasteiger partial charge in [0, 0.05) is 18.1 Å². The highest BCUT2D eigenvalue weighted by Crippen LogP contribution is 2.44. The highest BCUT2D eigenvalue weighted by molar-refractivity contribution is 5.86. The monoisotopic (exact) mass is 292 g/mol. The van der Waals surface area contributed by atoms with Crippen molar-refractivity contribution in [3.05, 3.63) is 22.8 Å². The van der Waals surface area contributed by atoms with Gasteiger partial charge < -0.3 is 9.84 Å². The Balaban J connectivity index is 3.90. The number of phenolic OH excluding ortho intramolecular Hbond substituents is 1. The first-order valence-electron chi connectivity index (χ1n) is 6.94. The summed E-state index contributed by atoms with van der Waals surface area (Å²) in [6.45, 7) is 12.9. The van der Waals surface area contributed by atoms with E-state index in [1.54, 1.807) is 0 Å². The molecular formula is C17H24O4. The highest BCUT2D eigenvalue weighted by atomic mass is 16.5. The molecule has 0 spiro atoms. The third-order valence-corrected chi connectivity index (χ3v) is 3.22. The molecule has 0 aliphatic heterocycles. The standard InChI is InChI=1S/C17H24O4/c1-10(19)21-15-12(16(2,3)4)8-13(20)11(9-18)14(15)17(5,6)7/h8-9,20H,1-7H3. The Hall–Kier alpha value is -1.84. The summed E-state index contributed by atoms with van der Waals surface area (Å²) in [4.78, 5) is 22.9. The summed E-state index contributed by atoms with van der Waals surface area (Å²) in [5.41, 5.74) is 0.624. The number of carbonyl (C=O) groups is 2. The van der Waals surface area contributed by atoms with Crippen molar-refractivity contribution in [3.63, 3.8) is 0 Å². The fourth-order valence-electron chi connectivity index (χ4n) is 2.34. The number of ether oxygens (including phenoxy) is 1. The molecule has 0 saturated heterocycles. The van der Waals surface area contributed by atoms with Gasteiger partial charge in [-0.05, 0) is 16.9 Å². The molecule has 21 heavy (non-hydrogen) atoms. The summed E-state index contributed by atoms with van der Waals surface area (Å²) in [6, 6.07) is 1.51. The first-order chi connectivity index (χ1) is 9.39. The van der Waals surface area contributed by atoms with Gasteiger partial charge >= 0.3 is 5.97 Å². The second-order valence-electron chi connectivity index (χ2n) is 7.27. The molecule has 0 amide bonds. The predicted molar refractivity (Wildman–Crippen MR) is 82.2 cm³/mol. The minimum atomic E-state index is -0.459. The zero-order valence-electron chi connectivity index (χ0n) is 13.8. The Bertz CT molecular complexity index is 572. The molecule has 0 heterocycles. The van der Waals surface area contributed by atoms with E-state index in [1.165, 1.54) is 13.0 Å². The molecule has 4 heteroatoms. The number of carbonyl (C=O) groups excluding carboxylic acids is 2. The van der Waals surface area contributed by atoms with Crippen molar-refractivity contribution in [1.29, 1.82) is 0 Å². The first kappa shape index (κ1) is 17.2. The summed E-state index contributed by atoms with van der Waals surface area (Å²) >= 11 is 0. The van der Waals surface area contributed by atoms with Gasteiger partial charge in [0.05, 0.1) is 5.56 Å². The summed E-state index contributed by atoms with van der Waals surface area (Å²) in [5, 5.41) is 10.2. The van der Waals surface area contributed by atoms with E-state index in [0.29, 0.717) is 23.2 Å². The molecule has 0 aromatic heterocycles. The number of hydrogen-bond acceptors (Lipinski definition) is 4. The minimum absolute atomic E-state index is 0.0873. The molecule has 0 aliphatic rings. The number of hydrogen-bond donors (Lipinski definition) is 1. The van der Waals surface area contributed by atoms with E-state index in [4.69, 9.17) is 4.74 Å². The van der Waals surface area contributed by atoms with Crippen molar-refractivity contribution < 1.29 is 19.4 Å². The van der Waals surface area contributed by atoms with Crippen molar-refractivity contribution >= 4 is 12.3 Å². The highest BCUT2D eigenvalue weighted by Gasteiger charge is 2.32. The summed E-state index contributed by atoms with van der Waals surface area (Å²) in [7, 11) is 0. The topological polar surface area (TPSA) is 63.6 Å². The van der Waals surface area contributed by atoms with Crippen molar-refractivity contribution in [1.82, 2.24) is 0 Å². The largest absolute Gasteiger partial charge is 0.507 e. The maximum absolute atomic E-state index is 11.5. The van der Waals surface area contributed by atoms with Crippen LogP contribution in [0.2, 0.25) is 0 Å². The van der Waals surface area contributed by atoms with Crippen LogP contribution in [0.3, 0.4) is 0 Å². The Kier molecular flexibility index (Phi) is 4.51. The summed E-state index contributed by atoms with van der Waals surface area (Å²) < 4.78 is 5.42. The van der Waals surface area contributed by atoms with Gasteiger partial charge in [-0.3, -0.25) is 9.59 Å². The normalized spacial score (nSPS) is 12.1. The maximum Gasteiger partial charge on any atom is 0.308 e. The molecule has 1 N–H and O–H groups in total. The Labute approximate surface area is 126 Å². The van der Waals surface area contributed by atoms with E-state index >= 15 is 0 Å². The number of aromatic hydroxyl groups is 1. The van der Waals surface area contributed by atoms with Crippen LogP contribution < -0.4 is 4.74 Å². The summed E-state index contributed by atoms with van der Waals surface area (Å²) in [5.74, 6) is -0.160. The van der Waals surface area contributed by atoms with E-state index in [0.717, 1.165) is 0 Å². The second kappa shape index (κ2) is 5.51. The van der Waals surface area contributed by atoms with Gasteiger partial charge in [0.25, 0.3) is 0 Å². The van der Waals surface area contributed by atoms with Crippen LogP contribution in [0.15, 0.2) is 6.07 Å². The molecule has 0 aliphatic carbocycles. The van der Waals surface area contributed by atoms with Crippen LogP contribution in [-0.2, 0) is 15.6 Å². The quantitative estimate of drug-likeness (QED) is 0.512. The molecule has 0 atom stereocenters. The van der Waals surface area contributed by atoms with Crippen molar-refractivity contribution in [2.24, 2.45) is 0 Å². The third kappa shape index (κ3) is 3.63. The lowest BCUT2D eigenvalue weighted by Gasteiger charge is -2.30. The maximum atomic E-state index is 11.5. The lowest BCUT2D eigenvalue weighted by atomic mass is 9.77. The number of aldehydes is 1. The fourth-order valence-corrected chi connectivity index (χ4v) is 2.34. The van der Waals surface area contributed by atoms with Gasteiger partial charge in [-0.15, -0.1) is 0 Å². The molecule has 0 unspecified atom stereocenters.